The highest BCUT2D eigenvalue weighted by molar-refractivity contribution is 6.14. The zero-order valence-corrected chi connectivity index (χ0v) is 27.2. The smallest absolute Gasteiger partial charge is 0.160 e. The maximum absolute atomic E-state index is 5.15. The zero-order valence-electron chi connectivity index (χ0n) is 27.2. The van der Waals surface area contributed by atoms with Crippen LogP contribution in [0.1, 0.15) is 0 Å². The van der Waals surface area contributed by atoms with Gasteiger partial charge in [0, 0.05) is 27.6 Å². The first-order valence-electron chi connectivity index (χ1n) is 16.9. The molecule has 0 unspecified atom stereocenters. The standard InChI is InChI=1S/C47H31N3/c1-5-14-32(15-6-1)41-30-43(33-16-7-2-8-17-33)48-42-27-25-38-28-37(24-26-40(38)46(41)42)36-22-13-23-39(29-36)47-49-44(34-18-9-3-10-19-34)31-45(50-47)35-20-11-4-12-21-35/h1-31H. The topological polar surface area (TPSA) is 38.7 Å². The van der Waals surface area contributed by atoms with Crippen molar-refractivity contribution in [1.82, 2.24) is 15.0 Å². The van der Waals surface area contributed by atoms with Gasteiger partial charge in [0.15, 0.2) is 5.82 Å². The van der Waals surface area contributed by atoms with E-state index in [1.54, 1.807) is 0 Å². The van der Waals surface area contributed by atoms with Crippen LogP contribution in [0.4, 0.5) is 0 Å². The highest BCUT2D eigenvalue weighted by Gasteiger charge is 2.15. The summed E-state index contributed by atoms with van der Waals surface area (Å²) in [6.07, 6.45) is 0. The van der Waals surface area contributed by atoms with Crippen molar-refractivity contribution in [2.75, 3.05) is 0 Å². The minimum Gasteiger partial charge on any atom is -0.248 e. The Morgan fingerprint density at radius 1 is 0.300 bits per heavy atom. The van der Waals surface area contributed by atoms with E-state index in [1.807, 2.05) is 42.5 Å². The predicted octanol–water partition coefficient (Wildman–Crippen LogP) is 12.2. The van der Waals surface area contributed by atoms with Gasteiger partial charge in [-0.05, 0) is 63.4 Å². The van der Waals surface area contributed by atoms with Crippen LogP contribution in [0, 0.1) is 0 Å². The van der Waals surface area contributed by atoms with E-state index in [0.29, 0.717) is 5.82 Å². The molecule has 0 amide bonds. The average Bonchev–Trinajstić information content (AvgIpc) is 3.21. The zero-order chi connectivity index (χ0) is 33.3. The summed E-state index contributed by atoms with van der Waals surface area (Å²) in [4.78, 5) is 15.3. The molecule has 0 N–H and O–H groups in total. The minimum absolute atomic E-state index is 0.701. The van der Waals surface area contributed by atoms with Crippen LogP contribution in [0.25, 0.3) is 89.1 Å². The van der Waals surface area contributed by atoms with Gasteiger partial charge in [0.25, 0.3) is 0 Å². The van der Waals surface area contributed by atoms with E-state index in [4.69, 9.17) is 15.0 Å². The summed E-state index contributed by atoms with van der Waals surface area (Å²) in [5.41, 5.74) is 12.6. The van der Waals surface area contributed by atoms with E-state index in [-0.39, 0.29) is 0 Å². The van der Waals surface area contributed by atoms with E-state index < -0.39 is 0 Å². The Morgan fingerprint density at radius 2 is 0.800 bits per heavy atom. The number of hydrogen-bond acceptors (Lipinski definition) is 3. The predicted molar refractivity (Wildman–Crippen MR) is 207 cm³/mol. The molecule has 0 saturated carbocycles. The molecular weight excluding hydrogens is 607 g/mol. The molecule has 0 radical (unpaired) electrons. The van der Waals surface area contributed by atoms with Crippen molar-refractivity contribution >= 4 is 21.7 Å². The van der Waals surface area contributed by atoms with Gasteiger partial charge in [0.2, 0.25) is 0 Å². The third-order valence-electron chi connectivity index (χ3n) is 9.26. The van der Waals surface area contributed by atoms with Crippen LogP contribution in [0.2, 0.25) is 0 Å². The van der Waals surface area contributed by atoms with E-state index in [2.05, 4.69) is 146 Å². The Morgan fingerprint density at radius 3 is 1.40 bits per heavy atom. The third kappa shape index (κ3) is 5.61. The van der Waals surface area contributed by atoms with E-state index in [9.17, 15) is 0 Å². The van der Waals surface area contributed by atoms with E-state index >= 15 is 0 Å². The molecule has 0 saturated heterocycles. The van der Waals surface area contributed by atoms with Crippen molar-refractivity contribution in [1.29, 1.82) is 0 Å². The van der Waals surface area contributed by atoms with Gasteiger partial charge in [-0.25, -0.2) is 15.0 Å². The summed E-state index contributed by atoms with van der Waals surface area (Å²) in [6, 6.07) is 65.6. The lowest BCUT2D eigenvalue weighted by molar-refractivity contribution is 1.18. The Bertz CT molecular complexity index is 2560. The molecule has 9 rings (SSSR count). The van der Waals surface area contributed by atoms with Crippen LogP contribution >= 0.6 is 0 Å². The molecule has 0 aliphatic heterocycles. The van der Waals surface area contributed by atoms with Crippen molar-refractivity contribution in [2.24, 2.45) is 0 Å². The Balaban J connectivity index is 1.16. The molecule has 0 fully saturated rings. The van der Waals surface area contributed by atoms with E-state index in [1.165, 1.54) is 21.9 Å². The Hall–Kier alpha value is -6.71. The van der Waals surface area contributed by atoms with Gasteiger partial charge >= 0.3 is 0 Å². The summed E-state index contributed by atoms with van der Waals surface area (Å²) < 4.78 is 0. The first-order valence-corrected chi connectivity index (χ1v) is 16.9. The largest absolute Gasteiger partial charge is 0.248 e. The minimum atomic E-state index is 0.701. The fourth-order valence-electron chi connectivity index (χ4n) is 6.77. The first-order chi connectivity index (χ1) is 24.8. The van der Waals surface area contributed by atoms with Gasteiger partial charge in [-0.3, -0.25) is 0 Å². The molecule has 2 heterocycles. The molecule has 0 aliphatic rings. The molecular formula is C47H31N3. The molecule has 0 spiro atoms. The van der Waals surface area contributed by atoms with Crippen LogP contribution in [0.15, 0.2) is 188 Å². The van der Waals surface area contributed by atoms with Crippen LogP contribution in [0.5, 0.6) is 0 Å². The fourth-order valence-corrected chi connectivity index (χ4v) is 6.77. The number of nitrogens with zero attached hydrogens (tertiary/aromatic N) is 3. The molecule has 50 heavy (non-hydrogen) atoms. The van der Waals surface area contributed by atoms with Crippen LogP contribution in [-0.2, 0) is 0 Å². The fraction of sp³-hybridized carbons (Fsp3) is 0. The molecule has 3 heteroatoms. The molecule has 0 bridgehead atoms. The van der Waals surface area contributed by atoms with E-state index in [0.717, 1.165) is 61.4 Å². The van der Waals surface area contributed by atoms with Crippen molar-refractivity contribution in [3.63, 3.8) is 0 Å². The summed E-state index contributed by atoms with van der Waals surface area (Å²) in [5.74, 6) is 0.701. The second-order valence-electron chi connectivity index (χ2n) is 12.5. The number of fused-ring (bicyclic) bond motifs is 3. The number of benzene rings is 7. The second kappa shape index (κ2) is 12.7. The highest BCUT2D eigenvalue weighted by Crippen LogP contribution is 2.38. The lowest BCUT2D eigenvalue weighted by Gasteiger charge is -2.14. The summed E-state index contributed by atoms with van der Waals surface area (Å²) in [5, 5.41) is 3.51. The number of pyridine rings is 1. The van der Waals surface area contributed by atoms with Crippen LogP contribution < -0.4 is 0 Å². The third-order valence-corrected chi connectivity index (χ3v) is 9.26. The van der Waals surface area contributed by atoms with Gasteiger partial charge < -0.3 is 0 Å². The quantitative estimate of drug-likeness (QED) is 0.170. The second-order valence-corrected chi connectivity index (χ2v) is 12.5. The molecule has 0 atom stereocenters. The molecule has 7 aromatic carbocycles. The van der Waals surface area contributed by atoms with Crippen molar-refractivity contribution in [2.45, 2.75) is 0 Å². The monoisotopic (exact) mass is 637 g/mol. The summed E-state index contributed by atoms with van der Waals surface area (Å²) in [6.45, 7) is 0. The Kier molecular flexibility index (Phi) is 7.49. The van der Waals surface area contributed by atoms with Crippen LogP contribution in [-0.4, -0.2) is 15.0 Å². The first kappa shape index (κ1) is 29.4. The van der Waals surface area contributed by atoms with Crippen molar-refractivity contribution in [3.8, 4) is 67.4 Å². The van der Waals surface area contributed by atoms with Crippen LogP contribution in [0.3, 0.4) is 0 Å². The van der Waals surface area contributed by atoms with Gasteiger partial charge in [-0.15, -0.1) is 0 Å². The molecule has 0 aliphatic carbocycles. The normalized spacial score (nSPS) is 11.2. The van der Waals surface area contributed by atoms with Gasteiger partial charge in [0.05, 0.1) is 22.6 Å². The highest BCUT2D eigenvalue weighted by atomic mass is 14.9. The molecule has 9 aromatic rings. The summed E-state index contributed by atoms with van der Waals surface area (Å²) in [7, 11) is 0. The van der Waals surface area contributed by atoms with Gasteiger partial charge in [-0.1, -0.05) is 158 Å². The molecule has 3 nitrogen and oxygen atoms in total. The summed E-state index contributed by atoms with van der Waals surface area (Å²) >= 11 is 0. The lowest BCUT2D eigenvalue weighted by atomic mass is 9.93. The Labute approximate surface area is 291 Å². The number of rotatable bonds is 6. The maximum Gasteiger partial charge on any atom is 0.160 e. The average molecular weight is 638 g/mol. The van der Waals surface area contributed by atoms with Gasteiger partial charge in [-0.2, -0.15) is 0 Å². The maximum atomic E-state index is 5.15. The number of aromatic nitrogens is 3. The lowest BCUT2D eigenvalue weighted by Crippen LogP contribution is -1.96. The molecule has 234 valence electrons. The number of hydrogen-bond donors (Lipinski definition) is 0. The van der Waals surface area contributed by atoms with Crippen molar-refractivity contribution < 1.29 is 0 Å². The van der Waals surface area contributed by atoms with Crippen molar-refractivity contribution in [3.05, 3.63) is 188 Å². The molecule has 2 aromatic heterocycles. The SMILES string of the molecule is c1ccc(-c2cc(-c3ccccc3)nc(-c3cccc(-c4ccc5c(ccc6nc(-c7ccccc7)cc(-c7ccccc7)c65)c4)c3)n2)cc1. The van der Waals surface area contributed by atoms with Gasteiger partial charge in [0.1, 0.15) is 0 Å².